The topological polar surface area (TPSA) is 41.5 Å². The van der Waals surface area contributed by atoms with Crippen LogP contribution in [0.3, 0.4) is 0 Å². The Hall–Kier alpha value is -2.44. The number of carbonyl (C=O) groups is 1. The Kier molecular flexibility index (Phi) is 2.93. The second kappa shape index (κ2) is 4.54. The average molecular weight is 296 g/mol. The van der Waals surface area contributed by atoms with Crippen LogP contribution in [0.4, 0.5) is 28.9 Å². The number of alkyl halides is 4. The van der Waals surface area contributed by atoms with E-state index in [1.165, 1.54) is 0 Å². The molecule has 108 valence electrons. The predicted octanol–water partition coefficient (Wildman–Crippen LogP) is 3.76. The first-order valence-electron chi connectivity index (χ1n) is 6.00. The number of nitrogens with one attached hydrogen (secondary N) is 1. The average Bonchev–Trinajstić information content (AvgIpc) is 2.45. The second-order valence-corrected chi connectivity index (χ2v) is 4.53. The fourth-order valence-corrected chi connectivity index (χ4v) is 2.20. The summed E-state index contributed by atoms with van der Waals surface area (Å²) in [6.45, 7) is 0. The van der Waals surface area contributed by atoms with Crippen molar-refractivity contribution in [2.75, 3.05) is 5.32 Å². The summed E-state index contributed by atoms with van der Waals surface area (Å²) in [4.78, 5) is 14.8. The molecule has 1 aliphatic heterocycles. The highest BCUT2D eigenvalue weighted by molar-refractivity contribution is 6.20. The Morgan fingerprint density at radius 2 is 1.81 bits per heavy atom. The van der Waals surface area contributed by atoms with Gasteiger partial charge in [-0.2, -0.15) is 13.2 Å². The molecule has 2 aromatic carbocycles. The highest BCUT2D eigenvalue weighted by Crippen LogP contribution is 2.36. The van der Waals surface area contributed by atoms with Crippen LogP contribution in [0.25, 0.3) is 10.8 Å². The molecule has 0 saturated carbocycles. The number of benzene rings is 2. The molecule has 0 amide bonds. The molecule has 1 atom stereocenters. The molecule has 0 radical (unpaired) electrons. The Morgan fingerprint density at radius 3 is 2.48 bits per heavy atom. The van der Waals surface area contributed by atoms with E-state index in [9.17, 15) is 22.4 Å². The molecule has 3 rings (SSSR count). The molecular weight excluding hydrogens is 288 g/mol. The molecule has 0 fully saturated rings. The van der Waals surface area contributed by atoms with Crippen molar-refractivity contribution in [3.8, 4) is 0 Å². The molecule has 1 unspecified atom stereocenters. The minimum atomic E-state index is -5.24. The van der Waals surface area contributed by atoms with Gasteiger partial charge >= 0.3 is 6.18 Å². The molecule has 7 heteroatoms. The molecule has 21 heavy (non-hydrogen) atoms. The van der Waals surface area contributed by atoms with Gasteiger partial charge in [0.2, 0.25) is 6.17 Å². The third-order valence-corrected chi connectivity index (χ3v) is 3.14. The van der Waals surface area contributed by atoms with Crippen LogP contribution < -0.4 is 5.32 Å². The van der Waals surface area contributed by atoms with Gasteiger partial charge in [0.1, 0.15) is 5.84 Å². The summed E-state index contributed by atoms with van der Waals surface area (Å²) in [5, 5.41) is 3.96. The van der Waals surface area contributed by atoms with Gasteiger partial charge in [-0.25, -0.2) is 9.38 Å². The van der Waals surface area contributed by atoms with Crippen LogP contribution in [-0.4, -0.2) is 24.0 Å². The minimum absolute atomic E-state index is 0.328. The van der Waals surface area contributed by atoms with Gasteiger partial charge in [-0.05, 0) is 17.5 Å². The summed E-state index contributed by atoms with van der Waals surface area (Å²) < 4.78 is 50.7. The number of carbonyl (C=O) groups excluding carboxylic acids is 1. The van der Waals surface area contributed by atoms with Crippen LogP contribution in [0, 0.1) is 0 Å². The molecule has 0 aliphatic carbocycles. The molecule has 0 bridgehead atoms. The molecule has 1 aliphatic rings. The maximum absolute atomic E-state index is 13.8. The SMILES string of the molecule is O=C(C(F)C1=Nc2cccc3cccc(c23)N1)C(F)(F)F. The van der Waals surface area contributed by atoms with E-state index in [1.807, 2.05) is 0 Å². The minimum Gasteiger partial charge on any atom is -0.340 e. The van der Waals surface area contributed by atoms with Gasteiger partial charge < -0.3 is 5.32 Å². The summed E-state index contributed by atoms with van der Waals surface area (Å²) in [6, 6.07) is 10.1. The standard InChI is InChI=1S/C14H8F4N2O/c15-11(12(21)14(16,17)18)13-19-8-5-1-3-7-4-2-6-9(20-13)10(7)8/h1-6,11H,(H,19,20). The summed E-state index contributed by atoms with van der Waals surface area (Å²) in [7, 11) is 0. The monoisotopic (exact) mass is 296 g/mol. The van der Waals surface area contributed by atoms with E-state index in [1.54, 1.807) is 36.4 Å². The zero-order valence-corrected chi connectivity index (χ0v) is 10.4. The van der Waals surface area contributed by atoms with E-state index < -0.39 is 24.0 Å². The van der Waals surface area contributed by atoms with Crippen molar-refractivity contribution in [2.45, 2.75) is 12.3 Å². The maximum atomic E-state index is 13.8. The lowest BCUT2D eigenvalue weighted by atomic mass is 10.0. The molecule has 1 N–H and O–H groups in total. The van der Waals surface area contributed by atoms with Crippen molar-refractivity contribution in [1.29, 1.82) is 0 Å². The Balaban J connectivity index is 2.07. The lowest BCUT2D eigenvalue weighted by molar-refractivity contribution is -0.173. The molecule has 1 heterocycles. The van der Waals surface area contributed by atoms with Gasteiger partial charge in [0.05, 0.1) is 5.69 Å². The van der Waals surface area contributed by atoms with Crippen LogP contribution in [0.15, 0.2) is 41.4 Å². The molecule has 0 aromatic heterocycles. The van der Waals surface area contributed by atoms with Crippen LogP contribution in [-0.2, 0) is 4.79 Å². The van der Waals surface area contributed by atoms with Gasteiger partial charge in [0.25, 0.3) is 5.78 Å². The fraction of sp³-hybridized carbons (Fsp3) is 0.143. The van der Waals surface area contributed by atoms with E-state index in [2.05, 4.69) is 10.3 Å². The first-order valence-corrected chi connectivity index (χ1v) is 6.00. The number of Topliss-reactive ketones (excluding diaryl/α,β-unsaturated/α-hetero) is 1. The highest BCUT2D eigenvalue weighted by Gasteiger charge is 2.46. The predicted molar refractivity (Wildman–Crippen MR) is 70.6 cm³/mol. The van der Waals surface area contributed by atoms with Crippen molar-refractivity contribution >= 4 is 33.8 Å². The van der Waals surface area contributed by atoms with Crippen LogP contribution in [0.2, 0.25) is 0 Å². The highest BCUT2D eigenvalue weighted by atomic mass is 19.4. The van der Waals surface area contributed by atoms with Gasteiger partial charge in [0, 0.05) is 11.1 Å². The zero-order chi connectivity index (χ0) is 15.2. The normalized spacial score (nSPS) is 15.3. The number of anilines is 1. The van der Waals surface area contributed by atoms with Crippen molar-refractivity contribution in [3.05, 3.63) is 36.4 Å². The molecule has 3 nitrogen and oxygen atoms in total. The summed E-state index contributed by atoms with van der Waals surface area (Å²) in [5.41, 5.74) is 0.750. The number of hydrogen-bond acceptors (Lipinski definition) is 3. The number of ketones is 1. The number of aliphatic imine (C=N–C) groups is 1. The summed E-state index contributed by atoms with van der Waals surface area (Å²) in [6.07, 6.45) is -8.11. The van der Waals surface area contributed by atoms with Gasteiger partial charge in [-0.15, -0.1) is 0 Å². The first-order chi connectivity index (χ1) is 9.88. The molecule has 0 saturated heterocycles. The lowest BCUT2D eigenvalue weighted by Gasteiger charge is -2.20. The fourth-order valence-electron chi connectivity index (χ4n) is 2.20. The van der Waals surface area contributed by atoms with Crippen molar-refractivity contribution in [1.82, 2.24) is 0 Å². The van der Waals surface area contributed by atoms with Crippen molar-refractivity contribution in [2.24, 2.45) is 4.99 Å². The van der Waals surface area contributed by atoms with Crippen molar-refractivity contribution in [3.63, 3.8) is 0 Å². The van der Waals surface area contributed by atoms with Gasteiger partial charge in [-0.3, -0.25) is 4.79 Å². The third kappa shape index (κ3) is 2.24. The van der Waals surface area contributed by atoms with Crippen LogP contribution >= 0.6 is 0 Å². The van der Waals surface area contributed by atoms with Gasteiger partial charge in [-0.1, -0.05) is 24.3 Å². The molecule has 0 spiro atoms. The van der Waals surface area contributed by atoms with E-state index >= 15 is 0 Å². The number of rotatable bonds is 2. The molecular formula is C14H8F4N2O. The van der Waals surface area contributed by atoms with E-state index in [0.29, 0.717) is 16.8 Å². The van der Waals surface area contributed by atoms with E-state index in [4.69, 9.17) is 0 Å². The van der Waals surface area contributed by atoms with E-state index in [-0.39, 0.29) is 0 Å². The molecule has 2 aromatic rings. The lowest BCUT2D eigenvalue weighted by Crippen LogP contribution is -2.40. The Morgan fingerprint density at radius 1 is 1.14 bits per heavy atom. The number of amidine groups is 1. The number of nitrogens with zero attached hydrogens (tertiary/aromatic N) is 1. The third-order valence-electron chi connectivity index (χ3n) is 3.14. The van der Waals surface area contributed by atoms with Crippen LogP contribution in [0.1, 0.15) is 0 Å². The Bertz CT molecular complexity index is 762. The van der Waals surface area contributed by atoms with Crippen molar-refractivity contribution < 1.29 is 22.4 Å². The number of halogens is 4. The largest absolute Gasteiger partial charge is 0.453 e. The second-order valence-electron chi connectivity index (χ2n) is 4.53. The summed E-state index contributed by atoms with van der Waals surface area (Å²) >= 11 is 0. The smallest absolute Gasteiger partial charge is 0.340 e. The maximum Gasteiger partial charge on any atom is 0.453 e. The van der Waals surface area contributed by atoms with E-state index in [0.717, 1.165) is 5.39 Å². The quantitative estimate of drug-likeness (QED) is 0.857. The number of hydrogen-bond donors (Lipinski definition) is 1. The zero-order valence-electron chi connectivity index (χ0n) is 10.4. The van der Waals surface area contributed by atoms with Gasteiger partial charge in [0.15, 0.2) is 0 Å². The first kappa shape index (κ1) is 13.5. The summed E-state index contributed by atoms with van der Waals surface area (Å²) in [5.74, 6) is -3.12. The van der Waals surface area contributed by atoms with Crippen LogP contribution in [0.5, 0.6) is 0 Å². The Labute approximate surface area is 116 Å².